The van der Waals surface area contributed by atoms with E-state index in [1.54, 1.807) is 24.3 Å². The minimum absolute atomic E-state index is 0.139. The van der Waals surface area contributed by atoms with Gasteiger partial charge in [-0.15, -0.1) is 0 Å². The van der Waals surface area contributed by atoms with Crippen LogP contribution in [-0.4, -0.2) is 19.0 Å². The Morgan fingerprint density at radius 2 is 1.82 bits per heavy atom. The molecular formula is C17H19NO4. The Balaban J connectivity index is 2.39. The summed E-state index contributed by atoms with van der Waals surface area (Å²) in [5.74, 6) is 1.01. The van der Waals surface area contributed by atoms with Crippen molar-refractivity contribution >= 4 is 11.9 Å². The Hall–Kier alpha value is -2.56. The molecule has 1 aromatic heterocycles. The molecule has 0 aliphatic rings. The van der Waals surface area contributed by atoms with Crippen molar-refractivity contribution in [2.24, 2.45) is 0 Å². The molecule has 1 unspecified atom stereocenters. The Morgan fingerprint density at radius 1 is 1.18 bits per heavy atom. The zero-order valence-corrected chi connectivity index (χ0v) is 13.1. The molecule has 2 aromatic rings. The number of aryl methyl sites for hydroxylation is 2. The van der Waals surface area contributed by atoms with E-state index < -0.39 is 5.97 Å². The molecule has 2 rings (SSSR count). The van der Waals surface area contributed by atoms with Crippen LogP contribution in [0.25, 0.3) is 0 Å². The zero-order chi connectivity index (χ0) is 16.3. The molecule has 5 nitrogen and oxygen atoms in total. The fraction of sp³-hybridized carbons (Fsp3) is 0.294. The number of amides is 1. The fourth-order valence-corrected chi connectivity index (χ4v) is 2.41. The Kier molecular flexibility index (Phi) is 4.65. The van der Waals surface area contributed by atoms with Crippen LogP contribution in [0.4, 0.5) is 0 Å². The van der Waals surface area contributed by atoms with E-state index >= 15 is 0 Å². The Labute approximate surface area is 129 Å². The number of benzene rings is 1. The first kappa shape index (κ1) is 15.8. The third kappa shape index (κ3) is 3.36. The van der Waals surface area contributed by atoms with E-state index in [2.05, 4.69) is 10.1 Å². The largest absolute Gasteiger partial charge is 0.466 e. The van der Waals surface area contributed by atoms with Crippen molar-refractivity contribution in [2.45, 2.75) is 26.8 Å². The third-order valence-corrected chi connectivity index (χ3v) is 3.40. The molecule has 1 heterocycles. The number of hydrogen-bond donors (Lipinski definition) is 1. The highest BCUT2D eigenvalue weighted by molar-refractivity contribution is 5.89. The summed E-state index contributed by atoms with van der Waals surface area (Å²) in [7, 11) is 1.34. The first-order chi connectivity index (χ1) is 10.4. The number of carbonyl (C=O) groups excluding carboxylic acids is 2. The lowest BCUT2D eigenvalue weighted by Gasteiger charge is -2.18. The molecule has 1 aromatic carbocycles. The van der Waals surface area contributed by atoms with Crippen molar-refractivity contribution in [1.82, 2.24) is 5.32 Å². The normalized spacial score (nSPS) is 11.8. The van der Waals surface area contributed by atoms with Crippen LogP contribution in [0.1, 0.15) is 46.0 Å². The zero-order valence-electron chi connectivity index (χ0n) is 13.1. The van der Waals surface area contributed by atoms with Gasteiger partial charge >= 0.3 is 5.97 Å². The summed E-state index contributed by atoms with van der Waals surface area (Å²) in [6.45, 7) is 5.19. The first-order valence-corrected chi connectivity index (χ1v) is 6.94. The minimum atomic E-state index is -0.391. The number of esters is 1. The average molecular weight is 301 g/mol. The topological polar surface area (TPSA) is 68.5 Å². The van der Waals surface area contributed by atoms with Crippen LogP contribution in [0.15, 0.2) is 34.7 Å². The van der Waals surface area contributed by atoms with Crippen LogP contribution in [0.5, 0.6) is 0 Å². The second-order valence-electron chi connectivity index (χ2n) is 5.12. The van der Waals surface area contributed by atoms with E-state index in [0.29, 0.717) is 5.56 Å². The van der Waals surface area contributed by atoms with Gasteiger partial charge in [0.2, 0.25) is 5.91 Å². The monoisotopic (exact) mass is 301 g/mol. The smallest absolute Gasteiger partial charge is 0.337 e. The highest BCUT2D eigenvalue weighted by atomic mass is 16.5. The van der Waals surface area contributed by atoms with E-state index in [1.807, 2.05) is 19.9 Å². The van der Waals surface area contributed by atoms with E-state index in [0.717, 1.165) is 22.6 Å². The summed E-state index contributed by atoms with van der Waals surface area (Å²) in [5.41, 5.74) is 2.23. The lowest BCUT2D eigenvalue weighted by atomic mass is 9.97. The molecule has 0 spiro atoms. The van der Waals surface area contributed by atoms with Gasteiger partial charge in [-0.2, -0.15) is 0 Å². The molecule has 0 saturated carbocycles. The highest BCUT2D eigenvalue weighted by Gasteiger charge is 2.20. The minimum Gasteiger partial charge on any atom is -0.466 e. The van der Waals surface area contributed by atoms with Crippen molar-refractivity contribution < 1.29 is 18.7 Å². The SMILES string of the molecule is COC(=O)c1ccc(C(NC(C)=O)c2cc(C)oc2C)cc1. The standard InChI is InChI=1S/C17H19NO4/c1-10-9-15(11(2)22-10)16(18-12(3)19)13-5-7-14(8-6-13)17(20)21-4/h5-9,16H,1-4H3,(H,18,19). The van der Waals surface area contributed by atoms with E-state index in [9.17, 15) is 9.59 Å². The number of hydrogen-bond acceptors (Lipinski definition) is 4. The van der Waals surface area contributed by atoms with Crippen LogP contribution in [0, 0.1) is 13.8 Å². The number of furan rings is 1. The van der Waals surface area contributed by atoms with Gasteiger partial charge in [-0.1, -0.05) is 12.1 Å². The molecule has 0 aliphatic carbocycles. The van der Waals surface area contributed by atoms with Crippen LogP contribution in [0.2, 0.25) is 0 Å². The maximum absolute atomic E-state index is 11.5. The van der Waals surface area contributed by atoms with Crippen LogP contribution >= 0.6 is 0 Å². The molecule has 0 radical (unpaired) electrons. The second kappa shape index (κ2) is 6.47. The Morgan fingerprint density at radius 3 is 2.27 bits per heavy atom. The van der Waals surface area contributed by atoms with Gasteiger partial charge in [0.25, 0.3) is 0 Å². The van der Waals surface area contributed by atoms with Gasteiger partial charge in [0.1, 0.15) is 11.5 Å². The third-order valence-electron chi connectivity index (χ3n) is 3.40. The summed E-state index contributed by atoms with van der Waals surface area (Å²) < 4.78 is 10.2. The van der Waals surface area contributed by atoms with Crippen molar-refractivity contribution in [3.63, 3.8) is 0 Å². The predicted octanol–water partition coefficient (Wildman–Crippen LogP) is 2.91. The number of rotatable bonds is 4. The van der Waals surface area contributed by atoms with Crippen molar-refractivity contribution in [3.8, 4) is 0 Å². The fourth-order valence-electron chi connectivity index (χ4n) is 2.41. The van der Waals surface area contributed by atoms with Crippen molar-refractivity contribution in [2.75, 3.05) is 7.11 Å². The summed E-state index contributed by atoms with van der Waals surface area (Å²) in [6.07, 6.45) is 0. The van der Waals surface area contributed by atoms with Crippen LogP contribution in [-0.2, 0) is 9.53 Å². The predicted molar refractivity (Wildman–Crippen MR) is 81.6 cm³/mol. The molecule has 116 valence electrons. The van der Waals surface area contributed by atoms with Crippen molar-refractivity contribution in [3.05, 3.63) is 58.5 Å². The summed E-state index contributed by atoms with van der Waals surface area (Å²) in [4.78, 5) is 23.0. The molecule has 1 amide bonds. The van der Waals surface area contributed by atoms with E-state index in [-0.39, 0.29) is 11.9 Å². The summed E-state index contributed by atoms with van der Waals surface area (Å²) in [6, 6.07) is 8.55. The quantitative estimate of drug-likeness (QED) is 0.882. The maximum atomic E-state index is 11.5. The maximum Gasteiger partial charge on any atom is 0.337 e. The molecule has 0 aliphatic heterocycles. The molecule has 0 bridgehead atoms. The molecule has 1 atom stereocenters. The molecule has 5 heteroatoms. The summed E-state index contributed by atoms with van der Waals surface area (Å²) in [5, 5.41) is 2.91. The second-order valence-corrected chi connectivity index (χ2v) is 5.12. The number of methoxy groups -OCH3 is 1. The number of ether oxygens (including phenoxy) is 1. The van der Waals surface area contributed by atoms with Gasteiger partial charge in [-0.25, -0.2) is 4.79 Å². The first-order valence-electron chi connectivity index (χ1n) is 6.94. The highest BCUT2D eigenvalue weighted by Crippen LogP contribution is 2.27. The number of nitrogens with one attached hydrogen (secondary N) is 1. The van der Waals surface area contributed by atoms with Gasteiger partial charge < -0.3 is 14.5 Å². The molecule has 22 heavy (non-hydrogen) atoms. The Bertz CT molecular complexity index is 685. The van der Waals surface area contributed by atoms with Crippen LogP contribution in [0.3, 0.4) is 0 Å². The van der Waals surface area contributed by atoms with E-state index in [4.69, 9.17) is 4.42 Å². The van der Waals surface area contributed by atoms with Crippen LogP contribution < -0.4 is 5.32 Å². The number of carbonyl (C=O) groups is 2. The lowest BCUT2D eigenvalue weighted by Crippen LogP contribution is -2.27. The molecule has 0 fully saturated rings. The molecular weight excluding hydrogens is 282 g/mol. The molecule has 0 saturated heterocycles. The van der Waals surface area contributed by atoms with Crippen molar-refractivity contribution in [1.29, 1.82) is 0 Å². The van der Waals surface area contributed by atoms with Gasteiger partial charge in [0.15, 0.2) is 0 Å². The van der Waals surface area contributed by atoms with Gasteiger partial charge in [0.05, 0.1) is 18.7 Å². The summed E-state index contributed by atoms with van der Waals surface area (Å²) >= 11 is 0. The van der Waals surface area contributed by atoms with Gasteiger partial charge in [0, 0.05) is 12.5 Å². The van der Waals surface area contributed by atoms with E-state index in [1.165, 1.54) is 14.0 Å². The molecule has 1 N–H and O–H groups in total. The average Bonchev–Trinajstić information content (AvgIpc) is 2.82. The van der Waals surface area contributed by atoms with Gasteiger partial charge in [-0.3, -0.25) is 4.79 Å². The van der Waals surface area contributed by atoms with Gasteiger partial charge in [-0.05, 0) is 37.6 Å². The lowest BCUT2D eigenvalue weighted by molar-refractivity contribution is -0.119.